The number of halogens is 1. The number of hydrogen-bond donors (Lipinski definition) is 0. The molecule has 0 bridgehead atoms. The van der Waals surface area contributed by atoms with Gasteiger partial charge in [-0.05, 0) is 79.9 Å². The van der Waals surface area contributed by atoms with E-state index in [0.29, 0.717) is 5.41 Å². The van der Waals surface area contributed by atoms with Crippen molar-refractivity contribution in [3.8, 4) is 0 Å². The second-order valence-corrected chi connectivity index (χ2v) is 12.2. The Morgan fingerprint density at radius 1 is 1.30 bits per heavy atom. The first-order valence-electron chi connectivity index (χ1n) is 9.86. The van der Waals surface area contributed by atoms with Crippen LogP contribution in [0.5, 0.6) is 0 Å². The van der Waals surface area contributed by atoms with Gasteiger partial charge in [-0.3, -0.25) is 4.40 Å². The van der Waals surface area contributed by atoms with Crippen molar-refractivity contribution in [2.45, 2.75) is 57.1 Å². The molecule has 2 aliphatic rings. The Morgan fingerprint density at radius 3 is 2.74 bits per heavy atom. The third-order valence-corrected chi connectivity index (χ3v) is 9.32. The molecule has 1 unspecified atom stereocenters. The Bertz CT molecular complexity index is 813. The van der Waals surface area contributed by atoms with Gasteiger partial charge in [-0.15, -0.1) is 0 Å². The first-order chi connectivity index (χ1) is 12.8. The fourth-order valence-electron chi connectivity index (χ4n) is 5.06. The van der Waals surface area contributed by atoms with E-state index in [1.165, 1.54) is 32.1 Å². The van der Waals surface area contributed by atoms with Crippen LogP contribution in [0.3, 0.4) is 0 Å². The molecular weight excluding hydrogens is 471 g/mol. The second kappa shape index (κ2) is 7.37. The maximum Gasteiger partial charge on any atom is 0.211 e. The molecule has 5 nitrogen and oxygen atoms in total. The topological polar surface area (TPSA) is 56.5 Å². The molecule has 0 aromatic carbocycles. The Balaban J connectivity index is 1.42. The van der Waals surface area contributed by atoms with Crippen LogP contribution in [-0.2, 0) is 11.2 Å². The average molecular weight is 500 g/mol. The van der Waals surface area contributed by atoms with Crippen molar-refractivity contribution in [3.63, 3.8) is 0 Å². The molecule has 27 heavy (non-hydrogen) atoms. The van der Waals surface area contributed by atoms with Crippen LogP contribution in [0.2, 0.25) is 0 Å². The van der Waals surface area contributed by atoms with Gasteiger partial charge in [0.1, 0.15) is 4.75 Å². The van der Waals surface area contributed by atoms with E-state index in [0.717, 1.165) is 40.6 Å². The number of nitrogens with zero attached hydrogens (tertiary/aromatic N) is 4. The molecular formula is C20H29IN4OS. The molecule has 0 N–H and O–H groups in total. The van der Waals surface area contributed by atoms with Crippen LogP contribution in [0.1, 0.15) is 52.4 Å². The number of imidazole rings is 1. The third-order valence-electron chi connectivity index (χ3n) is 6.83. The third kappa shape index (κ3) is 3.83. The first-order valence-corrected chi connectivity index (χ1v) is 12.5. The van der Waals surface area contributed by atoms with Gasteiger partial charge < -0.3 is 9.45 Å². The largest absolute Gasteiger partial charge is 0.616 e. The number of aromatic nitrogens is 3. The normalized spacial score (nSPS) is 24.0. The van der Waals surface area contributed by atoms with Crippen molar-refractivity contribution in [1.29, 1.82) is 0 Å². The van der Waals surface area contributed by atoms with Crippen LogP contribution in [0.25, 0.3) is 5.65 Å². The van der Waals surface area contributed by atoms with E-state index < -0.39 is 11.2 Å². The minimum Gasteiger partial charge on any atom is -0.616 e. The van der Waals surface area contributed by atoms with E-state index in [1.54, 1.807) is 0 Å². The minimum absolute atomic E-state index is 0.0605. The molecule has 2 aromatic heterocycles. The van der Waals surface area contributed by atoms with Gasteiger partial charge in [-0.2, -0.15) is 0 Å². The highest BCUT2D eigenvalue weighted by atomic mass is 127. The van der Waals surface area contributed by atoms with E-state index >= 15 is 0 Å². The Hall–Kier alpha value is -0.540. The molecule has 148 valence electrons. The maximum absolute atomic E-state index is 12.0. The molecule has 1 saturated heterocycles. The molecule has 3 heterocycles. The highest BCUT2D eigenvalue weighted by Crippen LogP contribution is 2.51. The number of rotatable bonds is 4. The zero-order chi connectivity index (χ0) is 19.2. The van der Waals surface area contributed by atoms with Crippen LogP contribution >= 0.6 is 22.6 Å². The summed E-state index contributed by atoms with van der Waals surface area (Å²) < 4.78 is 15.2. The predicted molar refractivity (Wildman–Crippen MR) is 120 cm³/mol. The summed E-state index contributed by atoms with van der Waals surface area (Å²) in [6.45, 7) is 6.46. The van der Waals surface area contributed by atoms with Gasteiger partial charge in [0, 0.05) is 38.1 Å². The lowest BCUT2D eigenvalue weighted by Gasteiger charge is -2.40. The van der Waals surface area contributed by atoms with Crippen molar-refractivity contribution in [2.24, 2.45) is 11.3 Å². The van der Waals surface area contributed by atoms with Crippen LogP contribution in [0, 0.1) is 14.9 Å². The summed E-state index contributed by atoms with van der Waals surface area (Å²) in [7, 11) is 0. The zero-order valence-electron chi connectivity index (χ0n) is 16.4. The van der Waals surface area contributed by atoms with Crippen molar-refractivity contribution >= 4 is 45.4 Å². The first kappa shape index (κ1) is 19.8. The quantitative estimate of drug-likeness (QED) is 0.465. The molecule has 1 aliphatic carbocycles. The molecule has 0 radical (unpaired) electrons. The zero-order valence-corrected chi connectivity index (χ0v) is 19.4. The molecule has 1 saturated carbocycles. The average Bonchev–Trinajstić information content (AvgIpc) is 3.25. The Kier molecular flexibility index (Phi) is 5.39. The molecule has 0 amide bonds. The van der Waals surface area contributed by atoms with Crippen LogP contribution < -0.4 is 4.90 Å². The maximum atomic E-state index is 12.0. The van der Waals surface area contributed by atoms with Gasteiger partial charge >= 0.3 is 0 Å². The number of anilines is 1. The highest BCUT2D eigenvalue weighted by Gasteiger charge is 2.44. The molecule has 2 atom stereocenters. The smallest absolute Gasteiger partial charge is 0.211 e. The number of hydrogen-bond acceptors (Lipinski definition) is 4. The number of piperidine rings is 1. The summed E-state index contributed by atoms with van der Waals surface area (Å²) >= 11 is 1.54. The minimum atomic E-state index is -0.756. The lowest BCUT2D eigenvalue weighted by atomic mass is 9.76. The van der Waals surface area contributed by atoms with Gasteiger partial charge in [0.2, 0.25) is 5.95 Å². The van der Waals surface area contributed by atoms with Crippen LogP contribution in [0.15, 0.2) is 18.6 Å². The fourth-order valence-corrected chi connectivity index (χ4v) is 6.07. The summed E-state index contributed by atoms with van der Waals surface area (Å²) in [4.78, 5) is 11.6. The summed E-state index contributed by atoms with van der Waals surface area (Å²) in [5, 5.41) is 0. The highest BCUT2D eigenvalue weighted by molar-refractivity contribution is 14.1. The summed E-state index contributed by atoms with van der Waals surface area (Å²) in [6, 6.07) is 0. The van der Waals surface area contributed by atoms with E-state index in [4.69, 9.17) is 4.98 Å². The van der Waals surface area contributed by atoms with Gasteiger partial charge in [0.05, 0.1) is 9.83 Å². The monoisotopic (exact) mass is 500 g/mol. The lowest BCUT2D eigenvalue weighted by molar-refractivity contribution is 0.212. The van der Waals surface area contributed by atoms with Crippen molar-refractivity contribution < 1.29 is 4.55 Å². The lowest BCUT2D eigenvalue weighted by Crippen LogP contribution is -2.40. The standard InChI is InChI=1S/C20H29IN4OS/c1-19(2,27(3)26)12-15-4-5-20(13-15)6-9-24(10-7-20)18-23-14-16(21)17-22-8-11-25(17)18/h8,11,14-15H,4-7,9-10,12-13H2,1-3H3/t15?,27-/m0/s1. The van der Waals surface area contributed by atoms with E-state index in [1.807, 2.05) is 24.8 Å². The summed E-state index contributed by atoms with van der Waals surface area (Å²) in [5.74, 6) is 1.75. The molecule has 1 spiro atoms. The molecule has 1 aliphatic heterocycles. The van der Waals surface area contributed by atoms with Gasteiger partial charge in [-0.25, -0.2) is 9.97 Å². The van der Waals surface area contributed by atoms with Crippen molar-refractivity contribution in [2.75, 3.05) is 24.2 Å². The van der Waals surface area contributed by atoms with Crippen molar-refractivity contribution in [3.05, 3.63) is 22.2 Å². The number of fused-ring (bicyclic) bond motifs is 1. The Morgan fingerprint density at radius 2 is 2.04 bits per heavy atom. The second-order valence-electron chi connectivity index (χ2n) is 9.04. The molecule has 7 heteroatoms. The van der Waals surface area contributed by atoms with E-state index in [2.05, 4.69) is 50.7 Å². The summed E-state index contributed by atoms with van der Waals surface area (Å²) in [6.07, 6.45) is 15.2. The predicted octanol–water partition coefficient (Wildman–Crippen LogP) is 4.27. The van der Waals surface area contributed by atoms with Crippen LogP contribution in [-0.4, -0.2) is 43.0 Å². The van der Waals surface area contributed by atoms with Gasteiger partial charge in [0.15, 0.2) is 5.65 Å². The molecule has 2 fully saturated rings. The molecule has 4 rings (SSSR count). The Labute approximate surface area is 178 Å². The van der Waals surface area contributed by atoms with Crippen LogP contribution in [0.4, 0.5) is 5.95 Å². The summed E-state index contributed by atoms with van der Waals surface area (Å²) in [5.41, 5.74) is 1.49. The van der Waals surface area contributed by atoms with Gasteiger partial charge in [0.25, 0.3) is 0 Å². The van der Waals surface area contributed by atoms with E-state index in [9.17, 15) is 4.55 Å². The SMILES string of the molecule is C[S@+]([O-])C(C)(C)CC1CCC2(CCN(c3ncc(I)c4nccn34)CC2)C1. The fraction of sp³-hybridized carbons (Fsp3) is 0.700. The molecule has 2 aromatic rings. The van der Waals surface area contributed by atoms with Crippen molar-refractivity contribution in [1.82, 2.24) is 14.4 Å². The van der Waals surface area contributed by atoms with E-state index in [-0.39, 0.29) is 4.75 Å². The van der Waals surface area contributed by atoms with Gasteiger partial charge in [-0.1, -0.05) is 11.2 Å².